The number of para-hydroxylation sites is 1. The van der Waals surface area contributed by atoms with Crippen LogP contribution in [0.1, 0.15) is 43.5 Å². The average Bonchev–Trinajstić information content (AvgIpc) is 2.60. The molecule has 1 aromatic rings. The first-order chi connectivity index (χ1) is 11.6. The van der Waals surface area contributed by atoms with Gasteiger partial charge in [-0.1, -0.05) is 32.8 Å². The third kappa shape index (κ3) is 4.63. The molecule has 0 bridgehead atoms. The normalized spacial score (nSPS) is 17.9. The number of hydrogen-bond donors (Lipinski definition) is 0. The van der Waals surface area contributed by atoms with Gasteiger partial charge in [0.15, 0.2) is 11.5 Å². The topological polar surface area (TPSA) is 48.0 Å². The Bertz CT molecular complexity index is 544. The summed E-state index contributed by atoms with van der Waals surface area (Å²) in [5.41, 5.74) is 0.541. The first-order valence-electron chi connectivity index (χ1n) is 8.68. The molecule has 2 rings (SSSR count). The highest BCUT2D eigenvalue weighted by molar-refractivity contribution is 5.97. The molecule has 0 radical (unpaired) electrons. The summed E-state index contributed by atoms with van der Waals surface area (Å²) < 4.78 is 16.5. The van der Waals surface area contributed by atoms with Crippen molar-refractivity contribution in [1.82, 2.24) is 4.90 Å². The lowest BCUT2D eigenvalue weighted by molar-refractivity contribution is -0.0261. The molecule has 1 fully saturated rings. The molecule has 1 heterocycles. The number of benzene rings is 1. The predicted octanol–water partition coefficient (Wildman–Crippen LogP) is 3.37. The van der Waals surface area contributed by atoms with E-state index in [4.69, 9.17) is 14.2 Å². The van der Waals surface area contributed by atoms with E-state index in [9.17, 15) is 4.79 Å². The summed E-state index contributed by atoms with van der Waals surface area (Å²) in [4.78, 5) is 14.8. The number of ether oxygens (including phenoxy) is 3. The maximum absolute atomic E-state index is 12.9. The minimum absolute atomic E-state index is 0.0251. The van der Waals surface area contributed by atoms with Gasteiger partial charge in [-0.05, 0) is 24.5 Å². The van der Waals surface area contributed by atoms with E-state index in [1.54, 1.807) is 26.4 Å². The maximum Gasteiger partial charge on any atom is 0.257 e. The second-order valence-electron chi connectivity index (χ2n) is 6.61. The molecule has 5 heteroatoms. The number of amides is 1. The standard InChI is InChI=1S/C19H29NO4/c1-14(2)7-5-8-15-13-20(11-12-24-15)19(21)16-9-6-10-17(22-3)18(16)23-4/h6,9-10,14-15H,5,7-8,11-13H2,1-4H3. The molecular weight excluding hydrogens is 306 g/mol. The lowest BCUT2D eigenvalue weighted by atomic mass is 10.0. The van der Waals surface area contributed by atoms with Crippen molar-refractivity contribution in [2.75, 3.05) is 33.9 Å². The van der Waals surface area contributed by atoms with Gasteiger partial charge in [0.05, 0.1) is 32.5 Å². The van der Waals surface area contributed by atoms with Crippen LogP contribution in [0.3, 0.4) is 0 Å². The molecule has 1 aromatic carbocycles. The van der Waals surface area contributed by atoms with Gasteiger partial charge in [-0.15, -0.1) is 0 Å². The molecule has 1 aliphatic rings. The summed E-state index contributed by atoms with van der Waals surface area (Å²) in [7, 11) is 3.13. The Morgan fingerprint density at radius 1 is 1.33 bits per heavy atom. The Morgan fingerprint density at radius 3 is 2.79 bits per heavy atom. The van der Waals surface area contributed by atoms with Crippen LogP contribution in [0.2, 0.25) is 0 Å². The summed E-state index contributed by atoms with van der Waals surface area (Å²) in [6.07, 6.45) is 3.44. The van der Waals surface area contributed by atoms with E-state index in [0.717, 1.165) is 12.8 Å². The van der Waals surface area contributed by atoms with E-state index in [1.165, 1.54) is 6.42 Å². The minimum atomic E-state index is -0.0251. The highest BCUT2D eigenvalue weighted by atomic mass is 16.5. The van der Waals surface area contributed by atoms with E-state index in [0.29, 0.717) is 42.7 Å². The first-order valence-corrected chi connectivity index (χ1v) is 8.68. The van der Waals surface area contributed by atoms with E-state index < -0.39 is 0 Å². The number of morpholine rings is 1. The van der Waals surface area contributed by atoms with Crippen LogP contribution in [0.25, 0.3) is 0 Å². The maximum atomic E-state index is 12.9. The second kappa shape index (κ2) is 8.92. The van der Waals surface area contributed by atoms with Crippen LogP contribution in [0.5, 0.6) is 11.5 Å². The average molecular weight is 335 g/mol. The fourth-order valence-corrected chi connectivity index (χ4v) is 3.06. The third-order valence-electron chi connectivity index (χ3n) is 4.37. The molecular formula is C19H29NO4. The number of carbonyl (C=O) groups is 1. The number of carbonyl (C=O) groups excluding carboxylic acids is 1. The van der Waals surface area contributed by atoms with Gasteiger partial charge in [0.25, 0.3) is 5.91 Å². The van der Waals surface area contributed by atoms with Crippen LogP contribution in [0.4, 0.5) is 0 Å². The molecule has 1 unspecified atom stereocenters. The van der Waals surface area contributed by atoms with Gasteiger partial charge in [0.2, 0.25) is 0 Å². The Kier molecular flexibility index (Phi) is 6.91. The van der Waals surface area contributed by atoms with E-state index in [-0.39, 0.29) is 12.0 Å². The van der Waals surface area contributed by atoms with Crippen LogP contribution in [0, 0.1) is 5.92 Å². The van der Waals surface area contributed by atoms with E-state index >= 15 is 0 Å². The molecule has 0 saturated carbocycles. The van der Waals surface area contributed by atoms with Crippen molar-refractivity contribution < 1.29 is 19.0 Å². The van der Waals surface area contributed by atoms with Gasteiger partial charge < -0.3 is 19.1 Å². The highest BCUT2D eigenvalue weighted by Gasteiger charge is 2.27. The Morgan fingerprint density at radius 2 is 2.12 bits per heavy atom. The van der Waals surface area contributed by atoms with E-state index in [2.05, 4.69) is 13.8 Å². The van der Waals surface area contributed by atoms with Crippen LogP contribution < -0.4 is 9.47 Å². The zero-order valence-electron chi connectivity index (χ0n) is 15.2. The van der Waals surface area contributed by atoms with Crippen molar-refractivity contribution >= 4 is 5.91 Å². The van der Waals surface area contributed by atoms with Gasteiger partial charge >= 0.3 is 0 Å². The SMILES string of the molecule is COc1cccc(C(=O)N2CCOC(CCCC(C)C)C2)c1OC. The molecule has 0 spiro atoms. The minimum Gasteiger partial charge on any atom is -0.493 e. The second-order valence-corrected chi connectivity index (χ2v) is 6.61. The van der Waals surface area contributed by atoms with Crippen LogP contribution in [0.15, 0.2) is 18.2 Å². The molecule has 0 aliphatic carbocycles. The van der Waals surface area contributed by atoms with Gasteiger partial charge in [0, 0.05) is 13.1 Å². The van der Waals surface area contributed by atoms with E-state index in [1.807, 2.05) is 11.0 Å². The van der Waals surface area contributed by atoms with Crippen molar-refractivity contribution in [3.63, 3.8) is 0 Å². The van der Waals surface area contributed by atoms with Gasteiger partial charge in [-0.2, -0.15) is 0 Å². The number of methoxy groups -OCH3 is 2. The zero-order valence-corrected chi connectivity index (χ0v) is 15.2. The molecule has 1 amide bonds. The fourth-order valence-electron chi connectivity index (χ4n) is 3.06. The molecule has 0 aromatic heterocycles. The molecule has 1 atom stereocenters. The number of hydrogen-bond acceptors (Lipinski definition) is 4. The van der Waals surface area contributed by atoms with Crippen molar-refractivity contribution in [3.05, 3.63) is 23.8 Å². The summed E-state index contributed by atoms with van der Waals surface area (Å²) in [6, 6.07) is 5.39. The smallest absolute Gasteiger partial charge is 0.257 e. The quantitative estimate of drug-likeness (QED) is 0.766. The molecule has 1 aliphatic heterocycles. The number of rotatable bonds is 7. The molecule has 24 heavy (non-hydrogen) atoms. The molecule has 5 nitrogen and oxygen atoms in total. The lowest BCUT2D eigenvalue weighted by Gasteiger charge is -2.33. The van der Waals surface area contributed by atoms with Crippen LogP contribution in [-0.2, 0) is 4.74 Å². The summed E-state index contributed by atoms with van der Waals surface area (Å²) in [6.45, 7) is 6.29. The van der Waals surface area contributed by atoms with Gasteiger partial charge in [-0.25, -0.2) is 0 Å². The summed E-state index contributed by atoms with van der Waals surface area (Å²) in [5.74, 6) is 1.74. The Balaban J connectivity index is 2.04. The zero-order chi connectivity index (χ0) is 17.5. The largest absolute Gasteiger partial charge is 0.493 e. The third-order valence-corrected chi connectivity index (χ3v) is 4.37. The van der Waals surface area contributed by atoms with Crippen molar-refractivity contribution in [1.29, 1.82) is 0 Å². The first kappa shape index (κ1) is 18.6. The van der Waals surface area contributed by atoms with Crippen molar-refractivity contribution in [2.45, 2.75) is 39.2 Å². The van der Waals surface area contributed by atoms with Crippen LogP contribution >= 0.6 is 0 Å². The molecule has 1 saturated heterocycles. The Hall–Kier alpha value is -1.75. The number of nitrogens with zero attached hydrogens (tertiary/aromatic N) is 1. The monoisotopic (exact) mass is 335 g/mol. The summed E-state index contributed by atoms with van der Waals surface area (Å²) in [5, 5.41) is 0. The molecule has 0 N–H and O–H groups in total. The Labute approximate surface area is 144 Å². The van der Waals surface area contributed by atoms with Gasteiger partial charge in [0.1, 0.15) is 0 Å². The predicted molar refractivity (Wildman–Crippen MR) is 93.9 cm³/mol. The summed E-state index contributed by atoms with van der Waals surface area (Å²) >= 11 is 0. The lowest BCUT2D eigenvalue weighted by Crippen LogP contribution is -2.45. The van der Waals surface area contributed by atoms with Crippen molar-refractivity contribution in [2.24, 2.45) is 5.92 Å². The van der Waals surface area contributed by atoms with Gasteiger partial charge in [-0.3, -0.25) is 4.79 Å². The van der Waals surface area contributed by atoms with Crippen LogP contribution in [-0.4, -0.2) is 50.8 Å². The van der Waals surface area contributed by atoms with Crippen molar-refractivity contribution in [3.8, 4) is 11.5 Å². The fraction of sp³-hybridized carbons (Fsp3) is 0.632. The molecule has 134 valence electrons. The highest BCUT2D eigenvalue weighted by Crippen LogP contribution is 2.32.